The molecule has 1 aliphatic heterocycles. The van der Waals surface area contributed by atoms with E-state index in [1.165, 1.54) is 5.56 Å². The summed E-state index contributed by atoms with van der Waals surface area (Å²) in [5.74, 6) is -0.505. The first-order valence-corrected chi connectivity index (χ1v) is 9.38. The second-order valence-electron chi connectivity index (χ2n) is 7.12. The molecule has 1 heterocycles. The fourth-order valence-corrected chi connectivity index (χ4v) is 3.85. The summed E-state index contributed by atoms with van der Waals surface area (Å²) < 4.78 is 0. The molecule has 0 aromatic heterocycles. The molecule has 1 aliphatic carbocycles. The van der Waals surface area contributed by atoms with Gasteiger partial charge in [-0.15, -0.1) is 0 Å². The fraction of sp³-hybridized carbons (Fsp3) is 0.333. The quantitative estimate of drug-likeness (QED) is 0.882. The van der Waals surface area contributed by atoms with Crippen LogP contribution in [0.5, 0.6) is 0 Å². The minimum absolute atomic E-state index is 0.0696. The summed E-state index contributed by atoms with van der Waals surface area (Å²) in [6.45, 7) is 2.65. The average molecular weight is 369 g/mol. The van der Waals surface area contributed by atoms with Crippen LogP contribution in [0.2, 0.25) is 5.02 Å². The number of anilines is 2. The molecule has 0 spiro atoms. The number of para-hydroxylation sites is 1. The molecule has 5 heteroatoms. The zero-order chi connectivity index (χ0) is 18.3. The third-order valence-electron chi connectivity index (χ3n) is 5.28. The van der Waals surface area contributed by atoms with Crippen LogP contribution in [0.4, 0.5) is 11.4 Å². The molecule has 2 aliphatic rings. The number of carbonyl (C=O) groups excluding carboxylic acids is 2. The zero-order valence-corrected chi connectivity index (χ0v) is 15.4. The Morgan fingerprint density at radius 3 is 2.81 bits per heavy atom. The summed E-state index contributed by atoms with van der Waals surface area (Å²) in [5.41, 5.74) is 3.88. The summed E-state index contributed by atoms with van der Waals surface area (Å²) >= 11 is 6.01. The van der Waals surface area contributed by atoms with Crippen LogP contribution in [0.3, 0.4) is 0 Å². The summed E-state index contributed by atoms with van der Waals surface area (Å²) in [7, 11) is 0. The zero-order valence-electron chi connectivity index (χ0n) is 14.7. The molecule has 0 radical (unpaired) electrons. The lowest BCUT2D eigenvalue weighted by Gasteiger charge is -2.29. The molecule has 1 saturated carbocycles. The summed E-state index contributed by atoms with van der Waals surface area (Å²) in [5, 5.41) is 3.51. The number of nitrogens with one attached hydrogen (secondary N) is 1. The van der Waals surface area contributed by atoms with Gasteiger partial charge >= 0.3 is 0 Å². The maximum atomic E-state index is 12.9. The largest absolute Gasteiger partial charge is 0.326 e. The number of rotatable bonds is 3. The van der Waals surface area contributed by atoms with E-state index >= 15 is 0 Å². The Labute approximate surface area is 158 Å². The molecule has 4 nitrogen and oxygen atoms in total. The topological polar surface area (TPSA) is 49.4 Å². The Hall–Kier alpha value is -2.33. The van der Waals surface area contributed by atoms with Gasteiger partial charge in [-0.1, -0.05) is 35.9 Å². The molecule has 2 aromatic carbocycles. The number of benzene rings is 2. The highest BCUT2D eigenvalue weighted by Crippen LogP contribution is 2.43. The van der Waals surface area contributed by atoms with Gasteiger partial charge in [0.2, 0.25) is 11.8 Å². The van der Waals surface area contributed by atoms with E-state index in [0.29, 0.717) is 17.1 Å². The second kappa shape index (κ2) is 6.76. The van der Waals surface area contributed by atoms with Crippen molar-refractivity contribution in [3.63, 3.8) is 0 Å². The molecule has 2 aromatic rings. The van der Waals surface area contributed by atoms with Crippen molar-refractivity contribution in [2.45, 2.75) is 26.2 Å². The molecule has 0 saturated heterocycles. The van der Waals surface area contributed by atoms with Crippen molar-refractivity contribution in [1.29, 1.82) is 0 Å². The normalized spacial score (nSPS) is 21.1. The smallest absolute Gasteiger partial charge is 0.230 e. The minimum atomic E-state index is -0.255. The van der Waals surface area contributed by atoms with Crippen LogP contribution >= 0.6 is 11.6 Å². The highest BCUT2D eigenvalue weighted by atomic mass is 35.5. The number of amides is 2. The molecule has 26 heavy (non-hydrogen) atoms. The number of hydrogen-bond acceptors (Lipinski definition) is 2. The van der Waals surface area contributed by atoms with E-state index < -0.39 is 0 Å². The molecule has 2 amide bonds. The first-order chi connectivity index (χ1) is 12.5. The van der Waals surface area contributed by atoms with Crippen LogP contribution in [0.1, 0.15) is 24.0 Å². The molecule has 1 N–H and O–H groups in total. The van der Waals surface area contributed by atoms with E-state index in [4.69, 9.17) is 11.6 Å². The van der Waals surface area contributed by atoms with Crippen molar-refractivity contribution in [3.8, 4) is 0 Å². The second-order valence-corrected chi connectivity index (χ2v) is 7.56. The molecule has 134 valence electrons. The highest BCUT2D eigenvalue weighted by molar-refractivity contribution is 6.31. The van der Waals surface area contributed by atoms with E-state index in [9.17, 15) is 9.59 Å². The number of carbonyl (C=O) groups is 2. The third kappa shape index (κ3) is 3.21. The molecule has 2 atom stereocenters. The average Bonchev–Trinajstić information content (AvgIpc) is 3.44. The molecule has 4 rings (SSSR count). The lowest BCUT2D eigenvalue weighted by atomic mass is 10.0. The predicted molar refractivity (Wildman–Crippen MR) is 104 cm³/mol. The number of halogens is 1. The summed E-state index contributed by atoms with van der Waals surface area (Å²) in [6.07, 6.45) is 2.58. The van der Waals surface area contributed by atoms with Gasteiger partial charge in [0.15, 0.2) is 0 Å². The monoisotopic (exact) mass is 368 g/mol. The van der Waals surface area contributed by atoms with Crippen molar-refractivity contribution in [2.75, 3.05) is 16.8 Å². The van der Waals surface area contributed by atoms with E-state index in [0.717, 1.165) is 30.6 Å². The van der Waals surface area contributed by atoms with Gasteiger partial charge < -0.3 is 10.2 Å². The van der Waals surface area contributed by atoms with Crippen LogP contribution < -0.4 is 10.2 Å². The lowest BCUT2D eigenvalue weighted by Crippen LogP contribution is -2.37. The third-order valence-corrected chi connectivity index (χ3v) is 5.51. The minimum Gasteiger partial charge on any atom is -0.326 e. The van der Waals surface area contributed by atoms with Crippen LogP contribution in [0.15, 0.2) is 42.5 Å². The van der Waals surface area contributed by atoms with Gasteiger partial charge in [-0.25, -0.2) is 0 Å². The van der Waals surface area contributed by atoms with Gasteiger partial charge in [0.05, 0.1) is 11.8 Å². The van der Waals surface area contributed by atoms with E-state index in [1.807, 2.05) is 36.1 Å². The van der Waals surface area contributed by atoms with Gasteiger partial charge in [0.25, 0.3) is 0 Å². The fourth-order valence-electron chi connectivity index (χ4n) is 3.67. The molecular weight excluding hydrogens is 348 g/mol. The maximum absolute atomic E-state index is 12.9. The van der Waals surface area contributed by atoms with Gasteiger partial charge in [-0.2, -0.15) is 0 Å². The number of nitrogens with zero attached hydrogens (tertiary/aromatic N) is 1. The van der Waals surface area contributed by atoms with Crippen LogP contribution in [-0.4, -0.2) is 18.4 Å². The van der Waals surface area contributed by atoms with Gasteiger partial charge in [-0.05, 0) is 55.5 Å². The Balaban J connectivity index is 1.44. The summed E-state index contributed by atoms with van der Waals surface area (Å²) in [4.78, 5) is 27.4. The highest BCUT2D eigenvalue weighted by Gasteiger charge is 2.50. The number of hydrogen-bond donors (Lipinski definition) is 1. The van der Waals surface area contributed by atoms with Crippen LogP contribution in [-0.2, 0) is 16.0 Å². The Bertz CT molecular complexity index is 880. The van der Waals surface area contributed by atoms with Crippen LogP contribution in [0, 0.1) is 18.8 Å². The van der Waals surface area contributed by atoms with Gasteiger partial charge in [0.1, 0.15) is 0 Å². The van der Waals surface area contributed by atoms with Crippen molar-refractivity contribution >= 4 is 34.8 Å². The van der Waals surface area contributed by atoms with Gasteiger partial charge in [-0.3, -0.25) is 9.59 Å². The first kappa shape index (κ1) is 17.1. The predicted octanol–water partition coefficient (Wildman–Crippen LogP) is 4.20. The van der Waals surface area contributed by atoms with Crippen molar-refractivity contribution in [2.24, 2.45) is 11.8 Å². The molecule has 0 bridgehead atoms. The maximum Gasteiger partial charge on any atom is 0.230 e. The van der Waals surface area contributed by atoms with E-state index in [1.54, 1.807) is 12.1 Å². The van der Waals surface area contributed by atoms with Gasteiger partial charge in [0, 0.05) is 22.9 Å². The first-order valence-electron chi connectivity index (χ1n) is 9.01. The summed E-state index contributed by atoms with van der Waals surface area (Å²) in [6, 6.07) is 13.5. The van der Waals surface area contributed by atoms with Crippen LogP contribution in [0.25, 0.3) is 0 Å². The standard InChI is InChI=1S/C21H21ClN2O2/c1-13-8-9-15(22)11-18(13)23-20(25)16-12-17(16)21(26)24-10-4-6-14-5-2-3-7-19(14)24/h2-3,5,7-9,11,16-17H,4,6,10,12H2,1H3,(H,23,25). The molecule has 2 unspecified atom stereocenters. The molecule has 1 fully saturated rings. The number of fused-ring (bicyclic) bond motifs is 1. The Morgan fingerprint density at radius 2 is 1.96 bits per heavy atom. The van der Waals surface area contributed by atoms with E-state index in [2.05, 4.69) is 11.4 Å². The molecular formula is C21H21ClN2O2. The number of aryl methyl sites for hydroxylation is 2. The van der Waals surface area contributed by atoms with Crippen molar-refractivity contribution in [3.05, 3.63) is 58.6 Å². The van der Waals surface area contributed by atoms with Crippen molar-refractivity contribution < 1.29 is 9.59 Å². The lowest BCUT2D eigenvalue weighted by molar-refractivity contribution is -0.123. The SMILES string of the molecule is Cc1ccc(Cl)cc1NC(=O)C1CC1C(=O)N1CCCc2ccccc21. The van der Waals surface area contributed by atoms with Crippen molar-refractivity contribution in [1.82, 2.24) is 0 Å². The van der Waals surface area contributed by atoms with E-state index in [-0.39, 0.29) is 23.7 Å². The Kier molecular flexibility index (Phi) is 4.45. The Morgan fingerprint density at radius 1 is 1.15 bits per heavy atom.